The summed E-state index contributed by atoms with van der Waals surface area (Å²) in [5, 5.41) is 17.5. The minimum Gasteiger partial charge on any atom is -0.396 e. The average molecular weight is 160 g/mol. The summed E-state index contributed by atoms with van der Waals surface area (Å²) in [6.45, 7) is 0.212. The molecular weight excluding hydrogens is 144 g/mol. The summed E-state index contributed by atoms with van der Waals surface area (Å²) in [5.41, 5.74) is 0. The maximum Gasteiger partial charge on any atom is 0.122 e. The summed E-state index contributed by atoms with van der Waals surface area (Å²) in [5.74, 6) is 0. The Morgan fingerprint density at radius 2 is 2.00 bits per heavy atom. The van der Waals surface area contributed by atoms with Crippen LogP contribution in [0.3, 0.4) is 0 Å². The van der Waals surface area contributed by atoms with Crippen molar-refractivity contribution in [1.29, 1.82) is 0 Å². The second kappa shape index (κ2) is 7.69. The molecule has 0 aromatic carbocycles. The van der Waals surface area contributed by atoms with Crippen molar-refractivity contribution < 1.29 is 15.0 Å². The Morgan fingerprint density at radius 1 is 1.27 bits per heavy atom. The molecule has 0 aliphatic rings. The van der Waals surface area contributed by atoms with Gasteiger partial charge < -0.3 is 15.0 Å². The number of rotatable bonds is 7. The topological polar surface area (TPSA) is 57.5 Å². The highest BCUT2D eigenvalue weighted by Gasteiger charge is 2.01. The quantitative estimate of drug-likeness (QED) is 0.421. The van der Waals surface area contributed by atoms with Gasteiger partial charge >= 0.3 is 0 Å². The van der Waals surface area contributed by atoms with Gasteiger partial charge in [0.05, 0.1) is 6.10 Å². The fourth-order valence-corrected chi connectivity index (χ4v) is 0.897. The van der Waals surface area contributed by atoms with Gasteiger partial charge in [0.2, 0.25) is 0 Å². The SMILES string of the molecule is O=CCC(O)CCCCCO. The standard InChI is InChI=1S/C8H16O3/c9-6-3-1-2-4-8(11)5-7-10/h7-9,11H,1-6H2. The van der Waals surface area contributed by atoms with Crippen molar-refractivity contribution in [3.63, 3.8) is 0 Å². The number of carbonyl (C=O) groups is 1. The molecule has 0 heterocycles. The van der Waals surface area contributed by atoms with Gasteiger partial charge in [-0.1, -0.05) is 12.8 Å². The molecule has 0 rings (SSSR count). The van der Waals surface area contributed by atoms with Gasteiger partial charge in [0, 0.05) is 13.0 Å². The van der Waals surface area contributed by atoms with Crippen molar-refractivity contribution in [3.05, 3.63) is 0 Å². The van der Waals surface area contributed by atoms with Gasteiger partial charge in [-0.05, 0) is 12.8 Å². The molecule has 0 saturated heterocycles. The highest BCUT2D eigenvalue weighted by molar-refractivity contribution is 5.49. The molecule has 3 heteroatoms. The van der Waals surface area contributed by atoms with Gasteiger partial charge in [-0.3, -0.25) is 0 Å². The van der Waals surface area contributed by atoms with Crippen LogP contribution in [0.5, 0.6) is 0 Å². The van der Waals surface area contributed by atoms with Crippen molar-refractivity contribution in [2.45, 2.75) is 38.2 Å². The molecule has 0 spiro atoms. The molecule has 66 valence electrons. The van der Waals surface area contributed by atoms with Gasteiger partial charge in [-0.15, -0.1) is 0 Å². The predicted molar refractivity (Wildman–Crippen MR) is 42.2 cm³/mol. The largest absolute Gasteiger partial charge is 0.396 e. The second-order valence-electron chi connectivity index (χ2n) is 2.63. The minimum atomic E-state index is -0.480. The first-order valence-corrected chi connectivity index (χ1v) is 4.03. The molecule has 1 atom stereocenters. The van der Waals surface area contributed by atoms with E-state index in [0.717, 1.165) is 25.5 Å². The maximum absolute atomic E-state index is 9.90. The van der Waals surface area contributed by atoms with Gasteiger partial charge in [0.1, 0.15) is 6.29 Å². The van der Waals surface area contributed by atoms with E-state index in [1.165, 1.54) is 0 Å². The van der Waals surface area contributed by atoms with Gasteiger partial charge in [0.25, 0.3) is 0 Å². The zero-order chi connectivity index (χ0) is 8.53. The molecule has 11 heavy (non-hydrogen) atoms. The summed E-state index contributed by atoms with van der Waals surface area (Å²) in [4.78, 5) is 9.90. The van der Waals surface area contributed by atoms with Gasteiger partial charge in [-0.25, -0.2) is 0 Å². The van der Waals surface area contributed by atoms with E-state index in [9.17, 15) is 4.79 Å². The summed E-state index contributed by atoms with van der Waals surface area (Å²) in [6.07, 6.45) is 3.75. The molecule has 3 nitrogen and oxygen atoms in total. The van der Waals surface area contributed by atoms with E-state index in [4.69, 9.17) is 10.2 Å². The molecule has 0 aliphatic carbocycles. The third-order valence-electron chi connectivity index (χ3n) is 1.56. The average Bonchev–Trinajstić information content (AvgIpc) is 1.99. The van der Waals surface area contributed by atoms with Crippen LogP contribution >= 0.6 is 0 Å². The van der Waals surface area contributed by atoms with E-state index in [-0.39, 0.29) is 13.0 Å². The summed E-state index contributed by atoms with van der Waals surface area (Å²) in [7, 11) is 0. The van der Waals surface area contributed by atoms with E-state index in [2.05, 4.69) is 0 Å². The molecule has 0 radical (unpaired) electrons. The normalized spacial score (nSPS) is 12.9. The lowest BCUT2D eigenvalue weighted by Crippen LogP contribution is -2.06. The molecule has 0 fully saturated rings. The van der Waals surface area contributed by atoms with Crippen LogP contribution in [0, 0.1) is 0 Å². The van der Waals surface area contributed by atoms with Crippen molar-refractivity contribution in [3.8, 4) is 0 Å². The third-order valence-corrected chi connectivity index (χ3v) is 1.56. The Kier molecular flexibility index (Phi) is 7.41. The monoisotopic (exact) mass is 160 g/mol. The molecular formula is C8H16O3. The van der Waals surface area contributed by atoms with Crippen LogP contribution in [0.1, 0.15) is 32.1 Å². The first-order chi connectivity index (χ1) is 5.31. The lowest BCUT2D eigenvalue weighted by molar-refractivity contribution is -0.109. The second-order valence-corrected chi connectivity index (χ2v) is 2.63. The highest BCUT2D eigenvalue weighted by atomic mass is 16.3. The summed E-state index contributed by atoms with van der Waals surface area (Å²) >= 11 is 0. The number of aliphatic hydroxyl groups excluding tert-OH is 2. The van der Waals surface area contributed by atoms with Crippen molar-refractivity contribution in [2.24, 2.45) is 0 Å². The number of unbranched alkanes of at least 4 members (excludes halogenated alkanes) is 2. The highest BCUT2D eigenvalue weighted by Crippen LogP contribution is 2.04. The van der Waals surface area contributed by atoms with Gasteiger partial charge in [0.15, 0.2) is 0 Å². The van der Waals surface area contributed by atoms with Crippen molar-refractivity contribution in [1.82, 2.24) is 0 Å². The fraction of sp³-hybridized carbons (Fsp3) is 0.875. The number of aliphatic hydroxyl groups is 2. The molecule has 1 unspecified atom stereocenters. The lowest BCUT2D eigenvalue weighted by Gasteiger charge is -2.04. The molecule has 0 aliphatic heterocycles. The van der Waals surface area contributed by atoms with Gasteiger partial charge in [-0.2, -0.15) is 0 Å². The van der Waals surface area contributed by atoms with Crippen molar-refractivity contribution >= 4 is 6.29 Å². The van der Waals surface area contributed by atoms with Crippen molar-refractivity contribution in [2.75, 3.05) is 6.61 Å². The molecule has 0 aromatic heterocycles. The van der Waals surface area contributed by atoms with E-state index >= 15 is 0 Å². The zero-order valence-electron chi connectivity index (χ0n) is 6.70. The van der Waals surface area contributed by atoms with Crippen LogP contribution in [0.2, 0.25) is 0 Å². The zero-order valence-corrected chi connectivity index (χ0v) is 6.70. The molecule has 0 aromatic rings. The molecule has 0 bridgehead atoms. The Balaban J connectivity index is 3.03. The smallest absolute Gasteiger partial charge is 0.122 e. The molecule has 2 N–H and O–H groups in total. The predicted octanol–water partition coefficient (Wildman–Crippen LogP) is 0.489. The van der Waals surface area contributed by atoms with E-state index in [1.807, 2.05) is 0 Å². The van der Waals surface area contributed by atoms with E-state index in [0.29, 0.717) is 6.42 Å². The van der Waals surface area contributed by atoms with E-state index in [1.54, 1.807) is 0 Å². The van der Waals surface area contributed by atoms with Crippen LogP contribution in [0.4, 0.5) is 0 Å². The number of hydrogen-bond donors (Lipinski definition) is 2. The summed E-state index contributed by atoms with van der Waals surface area (Å²) in [6, 6.07) is 0. The van der Waals surface area contributed by atoms with Crippen LogP contribution in [0.25, 0.3) is 0 Å². The third kappa shape index (κ3) is 7.49. The van der Waals surface area contributed by atoms with Crippen LogP contribution < -0.4 is 0 Å². The number of carbonyl (C=O) groups excluding carboxylic acids is 1. The Bertz CT molecular complexity index is 93.3. The maximum atomic E-state index is 9.90. The fourth-order valence-electron chi connectivity index (χ4n) is 0.897. The summed E-state index contributed by atoms with van der Waals surface area (Å²) < 4.78 is 0. The van der Waals surface area contributed by atoms with Crippen LogP contribution in [0.15, 0.2) is 0 Å². The van der Waals surface area contributed by atoms with Crippen LogP contribution in [-0.4, -0.2) is 29.2 Å². The Hall–Kier alpha value is -0.410. The molecule has 0 saturated carbocycles. The Morgan fingerprint density at radius 3 is 2.55 bits per heavy atom. The minimum absolute atomic E-state index is 0.212. The van der Waals surface area contributed by atoms with Crippen LogP contribution in [-0.2, 0) is 4.79 Å². The first kappa shape index (κ1) is 10.6. The number of hydrogen-bond acceptors (Lipinski definition) is 3. The molecule has 0 amide bonds. The Labute approximate surface area is 67.0 Å². The lowest BCUT2D eigenvalue weighted by atomic mass is 10.1. The van der Waals surface area contributed by atoms with E-state index < -0.39 is 6.10 Å². The first-order valence-electron chi connectivity index (χ1n) is 4.03. The number of aldehydes is 1.